The SMILES string of the molecule is CCC(CC)CN1CC(CBr)OCC1C. The van der Waals surface area contributed by atoms with E-state index in [0.29, 0.717) is 12.1 Å². The van der Waals surface area contributed by atoms with Gasteiger partial charge in [0.05, 0.1) is 12.7 Å². The Bertz CT molecular complexity index is 173. The van der Waals surface area contributed by atoms with Gasteiger partial charge in [-0.15, -0.1) is 0 Å². The molecule has 2 nitrogen and oxygen atoms in total. The van der Waals surface area contributed by atoms with E-state index < -0.39 is 0 Å². The van der Waals surface area contributed by atoms with Gasteiger partial charge in [-0.05, 0) is 12.8 Å². The minimum Gasteiger partial charge on any atom is -0.374 e. The third kappa shape index (κ3) is 4.04. The van der Waals surface area contributed by atoms with Gasteiger partial charge in [-0.25, -0.2) is 0 Å². The monoisotopic (exact) mass is 277 g/mol. The molecular weight excluding hydrogens is 254 g/mol. The summed E-state index contributed by atoms with van der Waals surface area (Å²) in [6.07, 6.45) is 2.97. The summed E-state index contributed by atoms with van der Waals surface area (Å²) < 4.78 is 5.73. The third-order valence-corrected chi connectivity index (χ3v) is 4.18. The molecule has 1 rings (SSSR count). The Labute approximate surface area is 102 Å². The Morgan fingerprint density at radius 1 is 1.40 bits per heavy atom. The van der Waals surface area contributed by atoms with Gasteiger partial charge in [0.1, 0.15) is 0 Å². The summed E-state index contributed by atoms with van der Waals surface area (Å²) in [6.45, 7) is 10.1. The van der Waals surface area contributed by atoms with Crippen molar-refractivity contribution < 1.29 is 4.74 Å². The van der Waals surface area contributed by atoms with Crippen molar-refractivity contribution in [2.45, 2.75) is 45.8 Å². The van der Waals surface area contributed by atoms with E-state index >= 15 is 0 Å². The summed E-state index contributed by atoms with van der Waals surface area (Å²) in [5, 5.41) is 0.957. The molecular formula is C12H24BrNO. The van der Waals surface area contributed by atoms with Crippen LogP contribution in [0.4, 0.5) is 0 Å². The normalized spacial score (nSPS) is 28.6. The maximum Gasteiger partial charge on any atom is 0.0799 e. The van der Waals surface area contributed by atoms with Crippen molar-refractivity contribution in [2.24, 2.45) is 5.92 Å². The number of rotatable bonds is 5. The van der Waals surface area contributed by atoms with Gasteiger partial charge in [-0.1, -0.05) is 42.6 Å². The van der Waals surface area contributed by atoms with Crippen LogP contribution in [-0.4, -0.2) is 42.1 Å². The Hall–Kier alpha value is 0.400. The summed E-state index contributed by atoms with van der Waals surface area (Å²) in [4.78, 5) is 2.59. The molecule has 1 aliphatic rings. The first-order valence-corrected chi connectivity index (χ1v) is 7.24. The van der Waals surface area contributed by atoms with Gasteiger partial charge in [0.15, 0.2) is 0 Å². The van der Waals surface area contributed by atoms with Gasteiger partial charge in [0.25, 0.3) is 0 Å². The first kappa shape index (κ1) is 13.5. The summed E-state index contributed by atoms with van der Waals surface area (Å²) in [6, 6.07) is 0.584. The van der Waals surface area contributed by atoms with Gasteiger partial charge in [0.2, 0.25) is 0 Å². The Morgan fingerprint density at radius 3 is 2.60 bits per heavy atom. The number of ether oxygens (including phenoxy) is 1. The van der Waals surface area contributed by atoms with Gasteiger partial charge in [0, 0.05) is 24.5 Å². The molecule has 1 saturated heterocycles. The van der Waals surface area contributed by atoms with Crippen molar-refractivity contribution in [3.05, 3.63) is 0 Å². The van der Waals surface area contributed by atoms with E-state index in [1.54, 1.807) is 0 Å². The number of halogens is 1. The topological polar surface area (TPSA) is 12.5 Å². The molecule has 90 valence electrons. The van der Waals surface area contributed by atoms with Crippen LogP contribution in [0.5, 0.6) is 0 Å². The van der Waals surface area contributed by atoms with Crippen LogP contribution >= 0.6 is 15.9 Å². The molecule has 0 aliphatic carbocycles. The number of alkyl halides is 1. The van der Waals surface area contributed by atoms with Crippen LogP contribution in [0, 0.1) is 5.92 Å². The standard InChI is InChI=1S/C12H24BrNO/c1-4-11(5-2)7-14-8-12(6-13)15-9-10(14)3/h10-12H,4-9H2,1-3H3. The van der Waals surface area contributed by atoms with Crippen molar-refractivity contribution in [2.75, 3.05) is 25.0 Å². The summed E-state index contributed by atoms with van der Waals surface area (Å²) in [5.41, 5.74) is 0. The Kier molecular flexibility index (Phi) is 6.17. The predicted molar refractivity (Wildman–Crippen MR) is 68.6 cm³/mol. The zero-order chi connectivity index (χ0) is 11.3. The quantitative estimate of drug-likeness (QED) is 0.717. The highest BCUT2D eigenvalue weighted by atomic mass is 79.9. The first-order chi connectivity index (χ1) is 7.21. The molecule has 0 bridgehead atoms. The summed E-state index contributed by atoms with van der Waals surface area (Å²) in [5.74, 6) is 0.849. The van der Waals surface area contributed by atoms with Crippen LogP contribution in [0.25, 0.3) is 0 Å². The van der Waals surface area contributed by atoms with Crippen LogP contribution < -0.4 is 0 Å². The minimum atomic E-state index is 0.385. The van der Waals surface area contributed by atoms with E-state index in [-0.39, 0.29) is 0 Å². The zero-order valence-electron chi connectivity index (χ0n) is 10.2. The lowest BCUT2D eigenvalue weighted by atomic mass is 10.0. The van der Waals surface area contributed by atoms with Crippen LogP contribution in [0.1, 0.15) is 33.6 Å². The van der Waals surface area contributed by atoms with E-state index in [9.17, 15) is 0 Å². The van der Waals surface area contributed by atoms with E-state index in [0.717, 1.165) is 24.4 Å². The maximum absolute atomic E-state index is 5.73. The average Bonchev–Trinajstić information content (AvgIpc) is 2.28. The molecule has 0 aromatic rings. The van der Waals surface area contributed by atoms with Gasteiger partial charge < -0.3 is 4.74 Å². The van der Waals surface area contributed by atoms with E-state index in [2.05, 4.69) is 41.6 Å². The van der Waals surface area contributed by atoms with Crippen LogP contribution in [-0.2, 0) is 4.74 Å². The van der Waals surface area contributed by atoms with Gasteiger partial charge >= 0.3 is 0 Å². The van der Waals surface area contributed by atoms with Crippen molar-refractivity contribution >= 4 is 15.9 Å². The summed E-state index contributed by atoms with van der Waals surface area (Å²) >= 11 is 3.51. The van der Waals surface area contributed by atoms with Crippen LogP contribution in [0.3, 0.4) is 0 Å². The highest BCUT2D eigenvalue weighted by Crippen LogP contribution is 2.17. The molecule has 15 heavy (non-hydrogen) atoms. The molecule has 0 N–H and O–H groups in total. The molecule has 0 saturated carbocycles. The zero-order valence-corrected chi connectivity index (χ0v) is 11.8. The predicted octanol–water partition coefficient (Wildman–Crippen LogP) is 2.91. The second kappa shape index (κ2) is 6.87. The van der Waals surface area contributed by atoms with Crippen LogP contribution in [0.2, 0.25) is 0 Å². The molecule has 1 heterocycles. The summed E-state index contributed by atoms with van der Waals surface area (Å²) in [7, 11) is 0. The Balaban J connectivity index is 2.43. The lowest BCUT2D eigenvalue weighted by molar-refractivity contribution is -0.0518. The second-order valence-electron chi connectivity index (χ2n) is 4.60. The maximum atomic E-state index is 5.73. The Morgan fingerprint density at radius 2 is 2.07 bits per heavy atom. The number of hydrogen-bond acceptors (Lipinski definition) is 2. The van der Waals surface area contributed by atoms with Gasteiger partial charge in [-0.3, -0.25) is 4.90 Å². The highest BCUT2D eigenvalue weighted by molar-refractivity contribution is 9.09. The fourth-order valence-electron chi connectivity index (χ4n) is 2.10. The number of hydrogen-bond donors (Lipinski definition) is 0. The van der Waals surface area contributed by atoms with Crippen molar-refractivity contribution in [1.82, 2.24) is 4.90 Å². The molecule has 0 aromatic heterocycles. The third-order valence-electron chi connectivity index (χ3n) is 3.45. The molecule has 0 spiro atoms. The van der Waals surface area contributed by atoms with E-state index in [1.807, 2.05) is 0 Å². The fourth-order valence-corrected chi connectivity index (χ4v) is 2.49. The molecule has 0 aromatic carbocycles. The van der Waals surface area contributed by atoms with Crippen molar-refractivity contribution in [1.29, 1.82) is 0 Å². The number of nitrogens with zero attached hydrogens (tertiary/aromatic N) is 1. The molecule has 1 fully saturated rings. The van der Waals surface area contributed by atoms with Gasteiger partial charge in [-0.2, -0.15) is 0 Å². The highest BCUT2D eigenvalue weighted by Gasteiger charge is 2.26. The largest absolute Gasteiger partial charge is 0.374 e. The van der Waals surface area contributed by atoms with Crippen LogP contribution in [0.15, 0.2) is 0 Å². The van der Waals surface area contributed by atoms with E-state index in [1.165, 1.54) is 19.4 Å². The van der Waals surface area contributed by atoms with Crippen molar-refractivity contribution in [3.63, 3.8) is 0 Å². The minimum absolute atomic E-state index is 0.385. The molecule has 0 radical (unpaired) electrons. The average molecular weight is 278 g/mol. The first-order valence-electron chi connectivity index (χ1n) is 6.12. The molecule has 1 aliphatic heterocycles. The molecule has 3 heteroatoms. The fraction of sp³-hybridized carbons (Fsp3) is 1.00. The van der Waals surface area contributed by atoms with Crippen molar-refractivity contribution in [3.8, 4) is 0 Å². The smallest absolute Gasteiger partial charge is 0.0799 e. The molecule has 2 unspecified atom stereocenters. The lowest BCUT2D eigenvalue weighted by Gasteiger charge is -2.39. The molecule has 2 atom stereocenters. The van der Waals surface area contributed by atoms with E-state index in [4.69, 9.17) is 4.74 Å². The molecule has 0 amide bonds. The number of morpholine rings is 1. The lowest BCUT2D eigenvalue weighted by Crippen LogP contribution is -2.50. The second-order valence-corrected chi connectivity index (χ2v) is 5.24.